The first-order valence-corrected chi connectivity index (χ1v) is 8.35. The van der Waals surface area contributed by atoms with Crippen LogP contribution in [0.2, 0.25) is 5.02 Å². The van der Waals surface area contributed by atoms with Crippen LogP contribution in [0.1, 0.15) is 31.1 Å². The van der Waals surface area contributed by atoms with Crippen molar-refractivity contribution in [3.8, 4) is 0 Å². The number of benzene rings is 1. The van der Waals surface area contributed by atoms with Crippen LogP contribution in [0.5, 0.6) is 0 Å². The van der Waals surface area contributed by atoms with E-state index in [1.165, 1.54) is 7.11 Å². The molecule has 0 aliphatic carbocycles. The Morgan fingerprint density at radius 1 is 1.29 bits per heavy atom. The van der Waals surface area contributed by atoms with Crippen LogP contribution in [0, 0.1) is 0 Å². The molecular formula is C17H23ClO6. The van der Waals surface area contributed by atoms with E-state index in [1.807, 2.05) is 13.8 Å². The van der Waals surface area contributed by atoms with E-state index in [2.05, 4.69) is 0 Å². The number of hydrogen-bond acceptors (Lipinski definition) is 6. The molecule has 1 aromatic rings. The maximum absolute atomic E-state index is 10.9. The van der Waals surface area contributed by atoms with Gasteiger partial charge in [-0.3, -0.25) is 0 Å². The molecule has 7 heteroatoms. The van der Waals surface area contributed by atoms with Gasteiger partial charge in [-0.1, -0.05) is 17.7 Å². The summed E-state index contributed by atoms with van der Waals surface area (Å²) in [5, 5.41) is 20.7. The van der Waals surface area contributed by atoms with E-state index in [0.717, 1.165) is 5.56 Å². The van der Waals surface area contributed by atoms with Crippen LogP contribution in [0.3, 0.4) is 0 Å². The second kappa shape index (κ2) is 6.88. The summed E-state index contributed by atoms with van der Waals surface area (Å²) in [7, 11) is 1.53. The average molecular weight is 359 g/mol. The highest BCUT2D eigenvalue weighted by atomic mass is 35.5. The van der Waals surface area contributed by atoms with Crippen LogP contribution in [0.25, 0.3) is 0 Å². The molecule has 3 rings (SSSR count). The number of rotatable bonds is 5. The first-order valence-electron chi connectivity index (χ1n) is 7.97. The van der Waals surface area contributed by atoms with Crippen molar-refractivity contribution in [1.29, 1.82) is 0 Å². The summed E-state index contributed by atoms with van der Waals surface area (Å²) in [5.41, 5.74) is 1.43. The highest BCUT2D eigenvalue weighted by molar-refractivity contribution is 6.30. The second-order valence-corrected chi connectivity index (χ2v) is 6.97. The number of ether oxygens (including phenoxy) is 4. The summed E-state index contributed by atoms with van der Waals surface area (Å²) in [5.74, 6) is -0.762. The molecule has 0 saturated carbocycles. The zero-order chi connectivity index (χ0) is 17.5. The summed E-state index contributed by atoms with van der Waals surface area (Å²) in [4.78, 5) is 0. The lowest BCUT2D eigenvalue weighted by Gasteiger charge is -2.27. The SMILES string of the molecule is CO[C@@H]1O[C@H](C(O)c2ccc(Cl)cc2CCO)[C@H]2OC(C)(C)O[C@@H]12. The average Bonchev–Trinajstić information content (AvgIpc) is 3.00. The fourth-order valence-electron chi connectivity index (χ4n) is 3.41. The lowest BCUT2D eigenvalue weighted by Crippen LogP contribution is -2.34. The van der Waals surface area contributed by atoms with Gasteiger partial charge in [0.1, 0.15) is 24.4 Å². The van der Waals surface area contributed by atoms with Gasteiger partial charge in [-0.15, -0.1) is 0 Å². The van der Waals surface area contributed by atoms with Gasteiger partial charge in [0.05, 0.1) is 0 Å². The molecule has 0 bridgehead atoms. The van der Waals surface area contributed by atoms with Gasteiger partial charge in [0.15, 0.2) is 12.1 Å². The van der Waals surface area contributed by atoms with Crippen molar-refractivity contribution >= 4 is 11.6 Å². The minimum Gasteiger partial charge on any atom is -0.396 e. The summed E-state index contributed by atoms with van der Waals surface area (Å²) < 4.78 is 22.9. The number of aliphatic hydroxyl groups excluding tert-OH is 2. The molecule has 2 heterocycles. The van der Waals surface area contributed by atoms with E-state index in [1.54, 1.807) is 18.2 Å². The van der Waals surface area contributed by atoms with Crippen LogP contribution in [0.4, 0.5) is 0 Å². The third kappa shape index (κ3) is 3.32. The first-order chi connectivity index (χ1) is 11.4. The van der Waals surface area contributed by atoms with Crippen LogP contribution < -0.4 is 0 Å². The molecule has 24 heavy (non-hydrogen) atoms. The van der Waals surface area contributed by atoms with E-state index in [0.29, 0.717) is 17.0 Å². The molecule has 0 radical (unpaired) electrons. The number of halogens is 1. The Labute approximate surface area is 146 Å². The summed E-state index contributed by atoms with van der Waals surface area (Å²) >= 11 is 6.03. The zero-order valence-electron chi connectivity index (χ0n) is 13.9. The largest absolute Gasteiger partial charge is 0.396 e. The van der Waals surface area contributed by atoms with Gasteiger partial charge in [-0.2, -0.15) is 0 Å². The topological polar surface area (TPSA) is 77.4 Å². The Balaban J connectivity index is 1.88. The lowest BCUT2D eigenvalue weighted by atomic mass is 9.94. The van der Waals surface area contributed by atoms with E-state index >= 15 is 0 Å². The van der Waals surface area contributed by atoms with E-state index in [4.69, 9.17) is 30.5 Å². The van der Waals surface area contributed by atoms with Crippen molar-refractivity contribution in [2.75, 3.05) is 13.7 Å². The minimum atomic E-state index is -0.950. The molecule has 1 aromatic carbocycles. The van der Waals surface area contributed by atoms with Crippen LogP contribution in [0.15, 0.2) is 18.2 Å². The van der Waals surface area contributed by atoms with Crippen LogP contribution >= 0.6 is 11.6 Å². The number of methoxy groups -OCH3 is 1. The van der Waals surface area contributed by atoms with Crippen molar-refractivity contribution in [2.24, 2.45) is 0 Å². The number of aliphatic hydroxyl groups is 2. The molecule has 2 aliphatic rings. The molecule has 0 aromatic heterocycles. The zero-order valence-corrected chi connectivity index (χ0v) is 14.7. The van der Waals surface area contributed by atoms with Crippen LogP contribution in [-0.4, -0.2) is 54.3 Å². The predicted octanol–water partition coefficient (Wildman–Crippen LogP) is 1.80. The maximum Gasteiger partial charge on any atom is 0.186 e. The van der Waals surface area contributed by atoms with Crippen molar-refractivity contribution < 1.29 is 29.2 Å². The lowest BCUT2D eigenvalue weighted by molar-refractivity contribution is -0.237. The number of hydrogen-bond donors (Lipinski definition) is 2. The third-order valence-corrected chi connectivity index (χ3v) is 4.63. The maximum atomic E-state index is 10.9. The Kier molecular flexibility index (Phi) is 5.18. The highest BCUT2D eigenvalue weighted by Gasteiger charge is 2.57. The van der Waals surface area contributed by atoms with Crippen molar-refractivity contribution in [1.82, 2.24) is 0 Å². The van der Waals surface area contributed by atoms with Gasteiger partial charge < -0.3 is 29.2 Å². The molecule has 2 saturated heterocycles. The van der Waals surface area contributed by atoms with Gasteiger partial charge in [0.25, 0.3) is 0 Å². The van der Waals surface area contributed by atoms with Gasteiger partial charge in [0, 0.05) is 18.7 Å². The fraction of sp³-hybridized carbons (Fsp3) is 0.647. The van der Waals surface area contributed by atoms with Crippen molar-refractivity contribution in [2.45, 2.75) is 56.8 Å². The molecule has 5 atom stereocenters. The molecule has 2 fully saturated rings. The monoisotopic (exact) mass is 358 g/mol. The van der Waals surface area contributed by atoms with Gasteiger partial charge in [-0.25, -0.2) is 0 Å². The number of fused-ring (bicyclic) bond motifs is 1. The van der Waals surface area contributed by atoms with Gasteiger partial charge in [-0.05, 0) is 43.5 Å². The van der Waals surface area contributed by atoms with Crippen molar-refractivity contribution in [3.05, 3.63) is 34.3 Å². The van der Waals surface area contributed by atoms with Gasteiger partial charge in [0.2, 0.25) is 0 Å². The third-order valence-electron chi connectivity index (χ3n) is 4.40. The van der Waals surface area contributed by atoms with Crippen molar-refractivity contribution in [3.63, 3.8) is 0 Å². The standard InChI is InChI=1S/C17H23ClO6/c1-17(2)23-14-13(22-16(21-3)15(14)24-17)12(20)11-5-4-10(18)8-9(11)6-7-19/h4-5,8,12-16,19-20H,6-7H2,1-3H3/t12?,13-,14-,15-,16-/m1/s1. The molecule has 2 aliphatic heterocycles. The Hall–Kier alpha value is -0.730. The molecule has 1 unspecified atom stereocenters. The molecule has 0 amide bonds. The van der Waals surface area contributed by atoms with Gasteiger partial charge >= 0.3 is 0 Å². The van der Waals surface area contributed by atoms with E-state index < -0.39 is 36.5 Å². The van der Waals surface area contributed by atoms with E-state index in [-0.39, 0.29) is 6.61 Å². The quantitative estimate of drug-likeness (QED) is 0.835. The summed E-state index contributed by atoms with van der Waals surface area (Å²) in [6.07, 6.45) is -2.65. The first kappa shape index (κ1) is 18.1. The Morgan fingerprint density at radius 2 is 2.00 bits per heavy atom. The Bertz CT molecular complexity index is 592. The molecule has 2 N–H and O–H groups in total. The molecular weight excluding hydrogens is 336 g/mol. The smallest absolute Gasteiger partial charge is 0.186 e. The Morgan fingerprint density at radius 3 is 2.67 bits per heavy atom. The fourth-order valence-corrected chi connectivity index (χ4v) is 3.61. The summed E-state index contributed by atoms with van der Waals surface area (Å²) in [6.45, 7) is 3.60. The molecule has 0 spiro atoms. The summed E-state index contributed by atoms with van der Waals surface area (Å²) in [6, 6.07) is 5.20. The normalized spacial score (nSPS) is 32.8. The predicted molar refractivity (Wildman–Crippen MR) is 86.7 cm³/mol. The second-order valence-electron chi connectivity index (χ2n) is 6.53. The minimum absolute atomic E-state index is 0.0367. The van der Waals surface area contributed by atoms with E-state index in [9.17, 15) is 10.2 Å². The molecule has 6 nitrogen and oxygen atoms in total. The molecule has 134 valence electrons. The highest BCUT2D eigenvalue weighted by Crippen LogP contribution is 2.43. The van der Waals surface area contributed by atoms with Crippen LogP contribution in [-0.2, 0) is 25.4 Å².